The molecular formula is C9H22N2. The minimum Gasteiger partial charge on any atom is -0.330 e. The molecule has 0 aromatic heterocycles. The van der Waals surface area contributed by atoms with E-state index in [0.717, 1.165) is 19.5 Å². The van der Waals surface area contributed by atoms with Crippen LogP contribution in [0.4, 0.5) is 0 Å². The fourth-order valence-electron chi connectivity index (χ4n) is 1.04. The number of nitrogens with zero attached hydrogens (tertiary/aromatic N) is 1. The van der Waals surface area contributed by atoms with Crippen molar-refractivity contribution in [1.29, 1.82) is 0 Å². The number of hydrogen-bond acceptors (Lipinski definition) is 2. The molecule has 68 valence electrons. The van der Waals surface area contributed by atoms with Gasteiger partial charge in [-0.25, -0.2) is 0 Å². The third kappa shape index (κ3) is 6.32. The predicted molar refractivity (Wildman–Crippen MR) is 50.6 cm³/mol. The zero-order valence-electron chi connectivity index (χ0n) is 8.35. The topological polar surface area (TPSA) is 29.3 Å². The predicted octanol–water partition coefficient (Wildman–Crippen LogP) is 1.31. The van der Waals surface area contributed by atoms with Gasteiger partial charge >= 0.3 is 0 Å². The van der Waals surface area contributed by atoms with E-state index in [9.17, 15) is 0 Å². The maximum Gasteiger partial charge on any atom is -0.00197 e. The van der Waals surface area contributed by atoms with Crippen LogP contribution in [-0.4, -0.2) is 32.1 Å². The smallest absolute Gasteiger partial charge is 0.00197 e. The zero-order valence-corrected chi connectivity index (χ0v) is 8.35. The molecule has 11 heavy (non-hydrogen) atoms. The van der Waals surface area contributed by atoms with Gasteiger partial charge in [0.15, 0.2) is 0 Å². The highest BCUT2D eigenvalue weighted by molar-refractivity contribution is 4.69. The average Bonchev–Trinajstić information content (AvgIpc) is 1.84. The van der Waals surface area contributed by atoms with E-state index in [1.54, 1.807) is 0 Å². The van der Waals surface area contributed by atoms with Crippen molar-refractivity contribution in [3.63, 3.8) is 0 Å². The van der Waals surface area contributed by atoms with Crippen molar-refractivity contribution < 1.29 is 0 Å². The van der Waals surface area contributed by atoms with Crippen LogP contribution in [0.25, 0.3) is 0 Å². The summed E-state index contributed by atoms with van der Waals surface area (Å²) in [6, 6.07) is 0. The van der Waals surface area contributed by atoms with Crippen molar-refractivity contribution >= 4 is 0 Å². The molecule has 0 rings (SSSR count). The number of nitrogens with two attached hydrogens (primary N) is 1. The molecule has 0 unspecified atom stereocenters. The molecule has 0 saturated carbocycles. The average molecular weight is 158 g/mol. The Bertz CT molecular complexity index is 97.7. The van der Waals surface area contributed by atoms with E-state index in [-0.39, 0.29) is 0 Å². The summed E-state index contributed by atoms with van der Waals surface area (Å²) in [5.41, 5.74) is 5.92. The Hall–Kier alpha value is -0.0800. The van der Waals surface area contributed by atoms with Gasteiger partial charge in [-0.2, -0.15) is 0 Å². The van der Waals surface area contributed by atoms with Crippen molar-refractivity contribution in [3.05, 3.63) is 0 Å². The Morgan fingerprint density at radius 1 is 1.18 bits per heavy atom. The first-order valence-electron chi connectivity index (χ1n) is 4.33. The van der Waals surface area contributed by atoms with Crippen LogP contribution in [0.1, 0.15) is 26.7 Å². The van der Waals surface area contributed by atoms with Gasteiger partial charge in [-0.05, 0) is 45.4 Å². The van der Waals surface area contributed by atoms with Gasteiger partial charge in [0.05, 0.1) is 0 Å². The molecule has 0 fully saturated rings. The number of rotatable bonds is 5. The van der Waals surface area contributed by atoms with Gasteiger partial charge < -0.3 is 10.6 Å². The Kier molecular flexibility index (Phi) is 4.69. The molecule has 0 bridgehead atoms. The van der Waals surface area contributed by atoms with Crippen LogP contribution in [0.2, 0.25) is 0 Å². The molecule has 0 heterocycles. The van der Waals surface area contributed by atoms with Crippen LogP contribution in [0, 0.1) is 5.41 Å². The van der Waals surface area contributed by atoms with Gasteiger partial charge in [-0.15, -0.1) is 0 Å². The van der Waals surface area contributed by atoms with E-state index < -0.39 is 0 Å². The maximum atomic E-state index is 5.51. The second kappa shape index (κ2) is 4.73. The van der Waals surface area contributed by atoms with Crippen LogP contribution in [0.3, 0.4) is 0 Å². The molecule has 2 heteroatoms. The van der Waals surface area contributed by atoms with Gasteiger partial charge in [0.1, 0.15) is 0 Å². The molecule has 0 aliphatic heterocycles. The minimum absolute atomic E-state index is 0.416. The lowest BCUT2D eigenvalue weighted by molar-refractivity contribution is 0.261. The van der Waals surface area contributed by atoms with Crippen LogP contribution in [0.5, 0.6) is 0 Å². The summed E-state index contributed by atoms with van der Waals surface area (Å²) in [7, 11) is 4.22. The van der Waals surface area contributed by atoms with Gasteiger partial charge in [0, 0.05) is 0 Å². The summed E-state index contributed by atoms with van der Waals surface area (Å²) in [4.78, 5) is 2.22. The second-order valence-corrected chi connectivity index (χ2v) is 4.26. The maximum absolute atomic E-state index is 5.51. The summed E-state index contributed by atoms with van der Waals surface area (Å²) in [5, 5.41) is 0. The van der Waals surface area contributed by atoms with Gasteiger partial charge in [-0.1, -0.05) is 13.8 Å². The quantitative estimate of drug-likeness (QED) is 0.653. The summed E-state index contributed by atoms with van der Waals surface area (Å²) in [6.45, 7) is 6.53. The normalized spacial score (nSPS) is 12.5. The Morgan fingerprint density at radius 3 is 2.09 bits per heavy atom. The second-order valence-electron chi connectivity index (χ2n) is 4.26. The molecule has 0 atom stereocenters. The highest BCUT2D eigenvalue weighted by atomic mass is 15.0. The van der Waals surface area contributed by atoms with E-state index in [0.29, 0.717) is 5.41 Å². The van der Waals surface area contributed by atoms with Crippen LogP contribution >= 0.6 is 0 Å². The highest BCUT2D eigenvalue weighted by Crippen LogP contribution is 2.23. The summed E-state index contributed by atoms with van der Waals surface area (Å²) in [6.07, 6.45) is 2.36. The molecular weight excluding hydrogens is 136 g/mol. The fraction of sp³-hybridized carbons (Fsp3) is 1.00. The van der Waals surface area contributed by atoms with Crippen molar-refractivity contribution in [2.75, 3.05) is 27.2 Å². The summed E-state index contributed by atoms with van der Waals surface area (Å²) < 4.78 is 0. The minimum atomic E-state index is 0.416. The fourth-order valence-corrected chi connectivity index (χ4v) is 1.04. The van der Waals surface area contributed by atoms with Crippen molar-refractivity contribution in [2.24, 2.45) is 11.1 Å². The molecule has 2 nitrogen and oxygen atoms in total. The first-order chi connectivity index (χ1) is 4.98. The molecule has 0 aliphatic rings. The standard InChI is InChI=1S/C9H22N2/c1-9(2,5-7-10)6-8-11(3)4/h5-8,10H2,1-4H3. The monoisotopic (exact) mass is 158 g/mol. The third-order valence-corrected chi connectivity index (χ3v) is 2.06. The SMILES string of the molecule is CN(C)CCC(C)(C)CCN. The van der Waals surface area contributed by atoms with Gasteiger partial charge in [0.2, 0.25) is 0 Å². The molecule has 0 saturated heterocycles. The van der Waals surface area contributed by atoms with Crippen molar-refractivity contribution in [3.8, 4) is 0 Å². The lowest BCUT2D eigenvalue weighted by Crippen LogP contribution is -2.23. The van der Waals surface area contributed by atoms with Gasteiger partial charge in [0.25, 0.3) is 0 Å². The molecule has 2 N–H and O–H groups in total. The van der Waals surface area contributed by atoms with E-state index in [1.807, 2.05) is 0 Å². The van der Waals surface area contributed by atoms with Gasteiger partial charge in [-0.3, -0.25) is 0 Å². The van der Waals surface area contributed by atoms with Crippen molar-refractivity contribution in [1.82, 2.24) is 4.90 Å². The van der Waals surface area contributed by atoms with E-state index in [2.05, 4.69) is 32.8 Å². The molecule has 0 radical (unpaired) electrons. The molecule has 0 amide bonds. The highest BCUT2D eigenvalue weighted by Gasteiger charge is 2.15. The Labute approximate surface area is 70.8 Å². The number of hydrogen-bond donors (Lipinski definition) is 1. The largest absolute Gasteiger partial charge is 0.330 e. The van der Waals surface area contributed by atoms with E-state index in [4.69, 9.17) is 5.73 Å². The summed E-state index contributed by atoms with van der Waals surface area (Å²) >= 11 is 0. The zero-order chi connectivity index (χ0) is 8.91. The molecule has 0 spiro atoms. The van der Waals surface area contributed by atoms with Crippen LogP contribution < -0.4 is 5.73 Å². The van der Waals surface area contributed by atoms with Crippen LogP contribution in [-0.2, 0) is 0 Å². The third-order valence-electron chi connectivity index (χ3n) is 2.06. The van der Waals surface area contributed by atoms with Crippen molar-refractivity contribution in [2.45, 2.75) is 26.7 Å². The first kappa shape index (κ1) is 10.9. The Morgan fingerprint density at radius 2 is 1.73 bits per heavy atom. The lowest BCUT2D eigenvalue weighted by Gasteiger charge is -2.25. The van der Waals surface area contributed by atoms with E-state index >= 15 is 0 Å². The first-order valence-corrected chi connectivity index (χ1v) is 4.33. The molecule has 0 aliphatic carbocycles. The van der Waals surface area contributed by atoms with E-state index in [1.165, 1.54) is 6.42 Å². The Balaban J connectivity index is 3.54. The molecule has 0 aromatic rings. The summed E-state index contributed by atoms with van der Waals surface area (Å²) in [5.74, 6) is 0. The van der Waals surface area contributed by atoms with Crippen LogP contribution in [0.15, 0.2) is 0 Å². The lowest BCUT2D eigenvalue weighted by atomic mass is 9.86. The molecule has 0 aromatic carbocycles.